The smallest absolute Gasteiger partial charge is 0.293 e. The Bertz CT molecular complexity index is 705. The molecule has 0 aliphatic heterocycles. The van der Waals surface area contributed by atoms with Gasteiger partial charge in [0.25, 0.3) is 5.91 Å². The summed E-state index contributed by atoms with van der Waals surface area (Å²) in [4.78, 5) is 30.9. The van der Waals surface area contributed by atoms with Crippen LogP contribution in [0.2, 0.25) is 0 Å². The van der Waals surface area contributed by atoms with Gasteiger partial charge in [0.05, 0.1) is 18.4 Å². The zero-order valence-corrected chi connectivity index (χ0v) is 15.2. The van der Waals surface area contributed by atoms with Gasteiger partial charge in [0.15, 0.2) is 10.9 Å². The summed E-state index contributed by atoms with van der Waals surface area (Å²) < 4.78 is 5.06. The lowest BCUT2D eigenvalue weighted by Crippen LogP contribution is -2.42. The normalized spacial score (nSPS) is 15.1. The number of carbonyl (C=O) groups excluding carboxylic acids is 2. The first-order valence-electron chi connectivity index (χ1n) is 8.76. The van der Waals surface area contributed by atoms with Crippen molar-refractivity contribution >= 4 is 28.3 Å². The zero-order chi connectivity index (χ0) is 17.6. The minimum Gasteiger partial charge on any atom is -0.459 e. The maximum atomic E-state index is 12.6. The molecule has 1 fully saturated rings. The highest BCUT2D eigenvalue weighted by atomic mass is 32.1. The number of thiazole rings is 1. The third kappa shape index (κ3) is 4.48. The predicted octanol–water partition coefficient (Wildman–Crippen LogP) is 3.71. The second kappa shape index (κ2) is 8.29. The van der Waals surface area contributed by atoms with Crippen molar-refractivity contribution in [2.24, 2.45) is 0 Å². The molecule has 1 aliphatic rings. The van der Waals surface area contributed by atoms with Crippen molar-refractivity contribution in [2.75, 3.05) is 11.9 Å². The van der Waals surface area contributed by atoms with Gasteiger partial charge in [0.1, 0.15) is 0 Å². The number of amides is 2. The molecular weight excluding hydrogens is 338 g/mol. The van der Waals surface area contributed by atoms with Gasteiger partial charge in [-0.2, -0.15) is 0 Å². The van der Waals surface area contributed by atoms with E-state index >= 15 is 0 Å². The van der Waals surface area contributed by atoms with Gasteiger partial charge >= 0.3 is 0 Å². The second-order valence-electron chi connectivity index (χ2n) is 6.22. The molecule has 6 nitrogen and oxygen atoms in total. The van der Waals surface area contributed by atoms with E-state index in [4.69, 9.17) is 4.42 Å². The number of carbonyl (C=O) groups is 2. The molecule has 7 heteroatoms. The van der Waals surface area contributed by atoms with Crippen molar-refractivity contribution in [3.05, 3.63) is 35.2 Å². The van der Waals surface area contributed by atoms with Crippen molar-refractivity contribution in [3.63, 3.8) is 0 Å². The Labute approximate surface area is 151 Å². The summed E-state index contributed by atoms with van der Waals surface area (Å²) in [6.07, 6.45) is 7.60. The fraction of sp³-hybridized carbons (Fsp3) is 0.500. The van der Waals surface area contributed by atoms with Crippen LogP contribution >= 0.6 is 11.3 Å². The summed E-state index contributed by atoms with van der Waals surface area (Å²) in [6.45, 7) is 2.76. The first kappa shape index (κ1) is 17.7. The Hall–Kier alpha value is -2.15. The maximum absolute atomic E-state index is 12.6. The average molecular weight is 361 g/mol. The molecule has 0 saturated heterocycles. The highest BCUT2D eigenvalue weighted by molar-refractivity contribution is 7.14. The van der Waals surface area contributed by atoms with Gasteiger partial charge in [0, 0.05) is 18.0 Å². The number of hydrogen-bond acceptors (Lipinski definition) is 5. The standard InChI is InChI=1S/C18H23N3O3S/c1-2-21(14-7-4-3-5-8-14)16(22)11-13-12-25-18(19-13)20-17(23)15-9-6-10-24-15/h6,9-10,12,14H,2-5,7-8,11H2,1H3,(H,19,20,23). The summed E-state index contributed by atoms with van der Waals surface area (Å²) in [7, 11) is 0. The fourth-order valence-electron chi connectivity index (χ4n) is 3.30. The van der Waals surface area contributed by atoms with E-state index in [2.05, 4.69) is 10.3 Å². The van der Waals surface area contributed by atoms with Crippen molar-refractivity contribution in [2.45, 2.75) is 51.5 Å². The number of rotatable bonds is 6. The van der Waals surface area contributed by atoms with Crippen molar-refractivity contribution in [3.8, 4) is 0 Å². The van der Waals surface area contributed by atoms with Crippen LogP contribution in [-0.4, -0.2) is 34.3 Å². The molecule has 1 saturated carbocycles. The topological polar surface area (TPSA) is 75.4 Å². The van der Waals surface area contributed by atoms with Gasteiger partial charge in [-0.1, -0.05) is 19.3 Å². The lowest BCUT2D eigenvalue weighted by molar-refractivity contribution is -0.133. The third-order valence-corrected chi connectivity index (χ3v) is 5.33. The van der Waals surface area contributed by atoms with Gasteiger partial charge < -0.3 is 9.32 Å². The van der Waals surface area contributed by atoms with Crippen LogP contribution < -0.4 is 5.32 Å². The summed E-state index contributed by atoms with van der Waals surface area (Å²) in [6, 6.07) is 3.62. The molecule has 1 N–H and O–H groups in total. The van der Waals surface area contributed by atoms with E-state index in [1.54, 1.807) is 12.1 Å². The molecule has 134 valence electrons. The fourth-order valence-corrected chi connectivity index (χ4v) is 4.00. The molecule has 0 radical (unpaired) electrons. The van der Waals surface area contributed by atoms with Crippen molar-refractivity contribution in [1.82, 2.24) is 9.88 Å². The highest BCUT2D eigenvalue weighted by Gasteiger charge is 2.24. The summed E-state index contributed by atoms with van der Waals surface area (Å²) in [5, 5.41) is 4.99. The number of aromatic nitrogens is 1. The van der Waals surface area contributed by atoms with E-state index in [9.17, 15) is 9.59 Å². The van der Waals surface area contributed by atoms with E-state index in [1.165, 1.54) is 36.9 Å². The monoisotopic (exact) mass is 361 g/mol. The molecule has 25 heavy (non-hydrogen) atoms. The van der Waals surface area contributed by atoms with Crippen LogP contribution in [0.4, 0.5) is 5.13 Å². The molecule has 2 heterocycles. The van der Waals surface area contributed by atoms with Crippen LogP contribution in [0.15, 0.2) is 28.2 Å². The van der Waals surface area contributed by atoms with Crippen LogP contribution in [0, 0.1) is 0 Å². The van der Waals surface area contributed by atoms with Crippen molar-refractivity contribution < 1.29 is 14.0 Å². The van der Waals surface area contributed by atoms with Gasteiger partial charge in [-0.3, -0.25) is 14.9 Å². The summed E-state index contributed by atoms with van der Waals surface area (Å²) in [5.41, 5.74) is 0.694. The van der Waals surface area contributed by atoms with E-state index in [0.717, 1.165) is 19.4 Å². The van der Waals surface area contributed by atoms with Gasteiger partial charge in [0.2, 0.25) is 5.91 Å². The molecule has 0 spiro atoms. The Kier molecular flexibility index (Phi) is 5.86. The predicted molar refractivity (Wildman–Crippen MR) is 96.7 cm³/mol. The number of likely N-dealkylation sites (N-methyl/N-ethyl adjacent to an activating group) is 1. The maximum Gasteiger partial charge on any atom is 0.293 e. The van der Waals surface area contributed by atoms with Crippen LogP contribution in [0.3, 0.4) is 0 Å². The summed E-state index contributed by atoms with van der Waals surface area (Å²) >= 11 is 1.32. The molecule has 2 aromatic rings. The number of nitrogens with one attached hydrogen (secondary N) is 1. The SMILES string of the molecule is CCN(C(=O)Cc1csc(NC(=O)c2ccco2)n1)C1CCCCC1. The van der Waals surface area contributed by atoms with E-state index in [-0.39, 0.29) is 24.0 Å². The number of nitrogens with zero attached hydrogens (tertiary/aromatic N) is 2. The molecule has 2 amide bonds. The minimum absolute atomic E-state index is 0.114. The molecule has 1 aliphatic carbocycles. The molecule has 0 unspecified atom stereocenters. The van der Waals surface area contributed by atoms with E-state index < -0.39 is 0 Å². The Morgan fingerprint density at radius 1 is 1.36 bits per heavy atom. The second-order valence-corrected chi connectivity index (χ2v) is 7.08. The van der Waals surface area contributed by atoms with E-state index in [0.29, 0.717) is 16.9 Å². The lowest BCUT2D eigenvalue weighted by atomic mass is 9.94. The Morgan fingerprint density at radius 3 is 2.84 bits per heavy atom. The van der Waals surface area contributed by atoms with Crippen LogP contribution in [0.1, 0.15) is 55.3 Å². The lowest BCUT2D eigenvalue weighted by Gasteiger charge is -2.33. The molecule has 3 rings (SSSR count). The molecule has 0 aromatic carbocycles. The zero-order valence-electron chi connectivity index (χ0n) is 14.4. The van der Waals surface area contributed by atoms with Gasteiger partial charge in [-0.25, -0.2) is 4.98 Å². The minimum atomic E-state index is -0.338. The highest BCUT2D eigenvalue weighted by Crippen LogP contribution is 2.24. The Morgan fingerprint density at radius 2 is 2.16 bits per heavy atom. The van der Waals surface area contributed by atoms with Crippen LogP contribution in [-0.2, 0) is 11.2 Å². The van der Waals surface area contributed by atoms with Crippen LogP contribution in [0.25, 0.3) is 0 Å². The quantitative estimate of drug-likeness (QED) is 0.851. The van der Waals surface area contributed by atoms with Gasteiger partial charge in [-0.15, -0.1) is 11.3 Å². The molecule has 2 aromatic heterocycles. The van der Waals surface area contributed by atoms with Gasteiger partial charge in [-0.05, 0) is 31.9 Å². The van der Waals surface area contributed by atoms with Crippen LogP contribution in [0.5, 0.6) is 0 Å². The summed E-state index contributed by atoms with van der Waals surface area (Å²) in [5.74, 6) is 0.0144. The molecule has 0 atom stereocenters. The first-order chi connectivity index (χ1) is 12.2. The van der Waals surface area contributed by atoms with E-state index in [1.807, 2.05) is 17.2 Å². The molecule has 0 bridgehead atoms. The largest absolute Gasteiger partial charge is 0.459 e. The number of furan rings is 1. The molecular formula is C18H23N3O3S. The van der Waals surface area contributed by atoms with Crippen molar-refractivity contribution in [1.29, 1.82) is 0 Å². The Balaban J connectivity index is 1.58. The first-order valence-corrected chi connectivity index (χ1v) is 9.64. The average Bonchev–Trinajstić information content (AvgIpc) is 3.29. The third-order valence-electron chi connectivity index (χ3n) is 4.53. The number of hydrogen-bond donors (Lipinski definition) is 1. The number of anilines is 1.